The summed E-state index contributed by atoms with van der Waals surface area (Å²) in [5.74, 6) is -2.74. The molecule has 0 aromatic heterocycles. The van der Waals surface area contributed by atoms with Crippen LogP contribution in [0.4, 0.5) is 0 Å². The highest BCUT2D eigenvalue weighted by Gasteiger charge is 2.04. The van der Waals surface area contributed by atoms with Crippen LogP contribution in [0.1, 0.15) is 0 Å². The van der Waals surface area contributed by atoms with Gasteiger partial charge in [-0.25, -0.2) is 9.59 Å². The summed E-state index contributed by atoms with van der Waals surface area (Å²) in [5, 5.41) is 14.8. The van der Waals surface area contributed by atoms with Gasteiger partial charge in [-0.1, -0.05) is 18.2 Å². The molecule has 5 nitrogen and oxygen atoms in total. The minimum Gasteiger partial charge on any atom is -0.497 e. The highest BCUT2D eigenvalue weighted by molar-refractivity contribution is 6.27. The number of aliphatic carboxylic acids is 2. The number of hydrogen-bond acceptors (Lipinski definition) is 3. The summed E-state index contributed by atoms with van der Waals surface area (Å²) in [6.07, 6.45) is 0. The maximum absolute atomic E-state index is 9.10. The van der Waals surface area contributed by atoms with Gasteiger partial charge in [-0.15, -0.1) is 0 Å². The highest BCUT2D eigenvalue weighted by atomic mass is 16.5. The third-order valence-electron chi connectivity index (χ3n) is 1.16. The highest BCUT2D eigenvalue weighted by Crippen LogP contribution is 2.05. The SMILES string of the molecule is COc1ccccc1.O=C(O)C(=O)O. The normalized spacial score (nSPS) is 8.07. The van der Waals surface area contributed by atoms with E-state index >= 15 is 0 Å². The average Bonchev–Trinajstić information content (AvgIpc) is 2.20. The molecule has 1 rings (SSSR count). The molecule has 0 unspecified atom stereocenters. The van der Waals surface area contributed by atoms with E-state index in [0.717, 1.165) is 5.75 Å². The molecule has 2 N–H and O–H groups in total. The monoisotopic (exact) mass is 198 g/mol. The first kappa shape index (κ1) is 12.0. The molecule has 1 aromatic rings. The molecule has 0 saturated heterocycles. The smallest absolute Gasteiger partial charge is 0.414 e. The van der Waals surface area contributed by atoms with Crippen LogP contribution in [0.15, 0.2) is 30.3 Å². The van der Waals surface area contributed by atoms with Crippen molar-refractivity contribution in [2.24, 2.45) is 0 Å². The topological polar surface area (TPSA) is 83.8 Å². The molecule has 5 heteroatoms. The largest absolute Gasteiger partial charge is 0.497 e. The van der Waals surface area contributed by atoms with E-state index in [2.05, 4.69) is 0 Å². The van der Waals surface area contributed by atoms with Crippen LogP contribution in [-0.4, -0.2) is 29.3 Å². The predicted octanol–water partition coefficient (Wildman–Crippen LogP) is 0.851. The van der Waals surface area contributed by atoms with Gasteiger partial charge in [0.05, 0.1) is 7.11 Å². The van der Waals surface area contributed by atoms with Gasteiger partial charge in [0, 0.05) is 0 Å². The molecular weight excluding hydrogens is 188 g/mol. The maximum atomic E-state index is 9.10. The van der Waals surface area contributed by atoms with Crippen molar-refractivity contribution in [1.82, 2.24) is 0 Å². The number of benzene rings is 1. The van der Waals surface area contributed by atoms with E-state index in [-0.39, 0.29) is 0 Å². The summed E-state index contributed by atoms with van der Waals surface area (Å²) in [6.45, 7) is 0. The van der Waals surface area contributed by atoms with Crippen molar-refractivity contribution in [3.05, 3.63) is 30.3 Å². The number of carbonyl (C=O) groups is 2. The third kappa shape index (κ3) is 5.59. The Morgan fingerprint density at radius 2 is 1.50 bits per heavy atom. The lowest BCUT2D eigenvalue weighted by atomic mass is 10.3. The van der Waals surface area contributed by atoms with Gasteiger partial charge in [0.15, 0.2) is 0 Å². The molecule has 0 aliphatic rings. The summed E-state index contributed by atoms with van der Waals surface area (Å²) < 4.78 is 4.91. The molecule has 0 amide bonds. The maximum Gasteiger partial charge on any atom is 0.414 e. The summed E-state index contributed by atoms with van der Waals surface area (Å²) in [5.41, 5.74) is 0. The first-order valence-corrected chi connectivity index (χ1v) is 3.63. The van der Waals surface area contributed by atoms with Gasteiger partial charge in [0.2, 0.25) is 0 Å². The van der Waals surface area contributed by atoms with E-state index in [9.17, 15) is 0 Å². The van der Waals surface area contributed by atoms with E-state index in [1.807, 2.05) is 30.3 Å². The second-order valence-corrected chi connectivity index (χ2v) is 2.13. The van der Waals surface area contributed by atoms with Crippen LogP contribution in [-0.2, 0) is 9.59 Å². The molecule has 14 heavy (non-hydrogen) atoms. The Balaban J connectivity index is 0.000000255. The van der Waals surface area contributed by atoms with Gasteiger partial charge in [-0.2, -0.15) is 0 Å². The number of hydrogen-bond donors (Lipinski definition) is 2. The Bertz CT molecular complexity index is 281. The molecule has 0 heterocycles. The van der Waals surface area contributed by atoms with Gasteiger partial charge in [0.1, 0.15) is 5.75 Å². The molecular formula is C9H10O5. The molecule has 0 atom stereocenters. The Labute approximate surface area is 80.6 Å². The van der Waals surface area contributed by atoms with Crippen LogP contribution in [0.25, 0.3) is 0 Å². The van der Waals surface area contributed by atoms with Crippen LogP contribution >= 0.6 is 0 Å². The van der Waals surface area contributed by atoms with Crippen LogP contribution < -0.4 is 4.74 Å². The van der Waals surface area contributed by atoms with Crippen molar-refractivity contribution in [2.45, 2.75) is 0 Å². The molecule has 76 valence electrons. The molecule has 0 aliphatic heterocycles. The van der Waals surface area contributed by atoms with Crippen LogP contribution in [0.3, 0.4) is 0 Å². The average molecular weight is 198 g/mol. The molecule has 0 radical (unpaired) electrons. The Kier molecular flexibility index (Phi) is 5.53. The first-order chi connectivity index (χ1) is 6.57. The zero-order valence-electron chi connectivity index (χ0n) is 7.51. The molecule has 0 aliphatic carbocycles. The Morgan fingerprint density at radius 3 is 1.71 bits per heavy atom. The Morgan fingerprint density at radius 1 is 1.07 bits per heavy atom. The predicted molar refractivity (Wildman–Crippen MR) is 48.3 cm³/mol. The van der Waals surface area contributed by atoms with E-state index in [4.69, 9.17) is 24.5 Å². The zero-order chi connectivity index (χ0) is 11.0. The second-order valence-electron chi connectivity index (χ2n) is 2.13. The molecule has 1 aromatic carbocycles. The fraction of sp³-hybridized carbons (Fsp3) is 0.111. The van der Waals surface area contributed by atoms with Crippen LogP contribution in [0, 0.1) is 0 Å². The fourth-order valence-corrected chi connectivity index (χ4v) is 0.557. The number of para-hydroxylation sites is 1. The fourth-order valence-electron chi connectivity index (χ4n) is 0.557. The third-order valence-corrected chi connectivity index (χ3v) is 1.16. The van der Waals surface area contributed by atoms with Gasteiger partial charge < -0.3 is 14.9 Å². The lowest BCUT2D eigenvalue weighted by molar-refractivity contribution is -0.159. The van der Waals surface area contributed by atoms with Crippen LogP contribution in [0.2, 0.25) is 0 Å². The number of methoxy groups -OCH3 is 1. The standard InChI is InChI=1S/C7H8O.C2H2O4/c1-8-7-5-3-2-4-6-7;3-1(4)2(5)6/h2-6H,1H3;(H,3,4)(H,5,6). The molecule has 0 spiro atoms. The Hall–Kier alpha value is -2.04. The number of rotatable bonds is 1. The van der Waals surface area contributed by atoms with E-state index in [0.29, 0.717) is 0 Å². The first-order valence-electron chi connectivity index (χ1n) is 3.63. The lowest BCUT2D eigenvalue weighted by Crippen LogP contribution is -2.09. The van der Waals surface area contributed by atoms with Crippen molar-refractivity contribution in [1.29, 1.82) is 0 Å². The van der Waals surface area contributed by atoms with Crippen molar-refractivity contribution >= 4 is 11.9 Å². The molecule has 0 fully saturated rings. The lowest BCUT2D eigenvalue weighted by Gasteiger charge is -1.93. The van der Waals surface area contributed by atoms with Gasteiger partial charge in [-0.3, -0.25) is 0 Å². The van der Waals surface area contributed by atoms with Gasteiger partial charge >= 0.3 is 11.9 Å². The zero-order valence-corrected chi connectivity index (χ0v) is 7.51. The van der Waals surface area contributed by atoms with E-state index in [1.165, 1.54) is 0 Å². The van der Waals surface area contributed by atoms with Crippen molar-refractivity contribution < 1.29 is 24.5 Å². The minimum absolute atomic E-state index is 0.910. The van der Waals surface area contributed by atoms with E-state index < -0.39 is 11.9 Å². The second kappa shape index (κ2) is 6.47. The van der Waals surface area contributed by atoms with Crippen molar-refractivity contribution in [3.63, 3.8) is 0 Å². The number of ether oxygens (including phenoxy) is 1. The minimum atomic E-state index is -1.82. The molecule has 0 bridgehead atoms. The van der Waals surface area contributed by atoms with Gasteiger partial charge in [-0.05, 0) is 12.1 Å². The summed E-state index contributed by atoms with van der Waals surface area (Å²) in [7, 11) is 1.66. The van der Waals surface area contributed by atoms with Crippen molar-refractivity contribution in [3.8, 4) is 5.75 Å². The summed E-state index contributed by atoms with van der Waals surface area (Å²) in [4.78, 5) is 18.2. The quantitative estimate of drug-likeness (QED) is 0.653. The van der Waals surface area contributed by atoms with Crippen LogP contribution in [0.5, 0.6) is 5.75 Å². The van der Waals surface area contributed by atoms with Crippen molar-refractivity contribution in [2.75, 3.05) is 7.11 Å². The summed E-state index contributed by atoms with van der Waals surface area (Å²) in [6, 6.07) is 9.68. The van der Waals surface area contributed by atoms with Gasteiger partial charge in [0.25, 0.3) is 0 Å². The summed E-state index contributed by atoms with van der Waals surface area (Å²) >= 11 is 0. The number of carboxylic acids is 2. The van der Waals surface area contributed by atoms with E-state index in [1.54, 1.807) is 7.11 Å². The molecule has 0 saturated carbocycles. The number of carboxylic acid groups (broad SMARTS) is 2.